The fourth-order valence-corrected chi connectivity index (χ4v) is 2.40. The van der Waals surface area contributed by atoms with Crippen LogP contribution in [-0.4, -0.2) is 52.0 Å². The van der Waals surface area contributed by atoms with Gasteiger partial charge in [-0.15, -0.1) is 0 Å². The number of hydrogen-bond acceptors (Lipinski definition) is 6. The fourth-order valence-electron chi connectivity index (χ4n) is 2.40. The fraction of sp³-hybridized carbons (Fsp3) is 0.667. The second-order valence-electron chi connectivity index (χ2n) is 4.84. The number of hydrogen-bond donors (Lipinski definition) is 4. The lowest BCUT2D eigenvalue weighted by atomic mass is 9.94. The average molecular weight is 273 g/mol. The van der Waals surface area contributed by atoms with Gasteiger partial charge in [-0.1, -0.05) is 13.5 Å². The SMILES string of the molecule is C=C1NC(N)C=CN1[C@@H]1O[C@](CC)(CO)[C@@H](O)[C@H]1F. The molecule has 0 aromatic heterocycles. The van der Waals surface area contributed by atoms with Gasteiger partial charge in [-0.3, -0.25) is 0 Å². The van der Waals surface area contributed by atoms with Crippen LogP contribution < -0.4 is 11.1 Å². The van der Waals surface area contributed by atoms with E-state index in [9.17, 15) is 14.6 Å². The number of rotatable bonds is 3. The highest BCUT2D eigenvalue weighted by Gasteiger charge is 2.55. The van der Waals surface area contributed by atoms with E-state index in [2.05, 4.69) is 11.9 Å². The summed E-state index contributed by atoms with van der Waals surface area (Å²) in [5, 5.41) is 22.2. The normalized spacial score (nSPS) is 42.6. The summed E-state index contributed by atoms with van der Waals surface area (Å²) in [7, 11) is 0. The van der Waals surface area contributed by atoms with Crippen molar-refractivity contribution in [3.8, 4) is 0 Å². The molecule has 5 atom stereocenters. The molecule has 1 unspecified atom stereocenters. The Kier molecular flexibility index (Phi) is 3.82. The van der Waals surface area contributed by atoms with Crippen LogP contribution in [0.15, 0.2) is 24.7 Å². The number of nitrogens with two attached hydrogens (primary N) is 1. The van der Waals surface area contributed by atoms with Gasteiger partial charge in [-0.2, -0.15) is 0 Å². The maximum Gasteiger partial charge on any atom is 0.174 e. The molecule has 0 aromatic carbocycles. The molecule has 19 heavy (non-hydrogen) atoms. The Hall–Kier alpha value is -1.15. The van der Waals surface area contributed by atoms with Crippen LogP contribution in [-0.2, 0) is 4.74 Å². The van der Waals surface area contributed by atoms with E-state index >= 15 is 0 Å². The summed E-state index contributed by atoms with van der Waals surface area (Å²) >= 11 is 0. The number of alkyl halides is 1. The minimum atomic E-state index is -1.65. The Balaban J connectivity index is 2.23. The van der Waals surface area contributed by atoms with Crippen LogP contribution >= 0.6 is 0 Å². The first-order valence-electron chi connectivity index (χ1n) is 6.23. The summed E-state index contributed by atoms with van der Waals surface area (Å²) in [5.41, 5.74) is 4.36. The summed E-state index contributed by atoms with van der Waals surface area (Å²) in [5.74, 6) is 0.389. The number of ether oxygens (including phenoxy) is 1. The van der Waals surface area contributed by atoms with E-state index < -0.39 is 30.7 Å². The first-order chi connectivity index (χ1) is 8.95. The van der Waals surface area contributed by atoms with Gasteiger partial charge >= 0.3 is 0 Å². The molecule has 0 saturated carbocycles. The number of nitrogens with one attached hydrogen (secondary N) is 1. The summed E-state index contributed by atoms with van der Waals surface area (Å²) in [6.45, 7) is 5.02. The molecule has 0 radical (unpaired) electrons. The number of halogens is 1. The zero-order chi connectivity index (χ0) is 14.2. The molecule has 0 spiro atoms. The van der Waals surface area contributed by atoms with Crippen molar-refractivity contribution in [2.24, 2.45) is 5.73 Å². The van der Waals surface area contributed by atoms with Gasteiger partial charge in [0.15, 0.2) is 12.4 Å². The van der Waals surface area contributed by atoms with E-state index in [0.717, 1.165) is 0 Å². The standard InChI is InChI=1S/C12H20FN3O3/c1-3-12(6-17)10(18)9(13)11(19-12)16-5-4-8(14)15-7(16)2/h4-5,8-11,15,17-18H,2-3,6,14H2,1H3/t8?,9-,10+,11-,12-/m1/s1. The van der Waals surface area contributed by atoms with E-state index in [1.807, 2.05) is 0 Å². The van der Waals surface area contributed by atoms with E-state index in [1.54, 1.807) is 19.2 Å². The molecule has 2 aliphatic heterocycles. The van der Waals surface area contributed by atoms with Crippen molar-refractivity contribution >= 4 is 0 Å². The van der Waals surface area contributed by atoms with Gasteiger partial charge in [-0.05, 0) is 12.5 Å². The van der Waals surface area contributed by atoms with Crippen molar-refractivity contribution in [2.75, 3.05) is 6.61 Å². The third kappa shape index (κ3) is 2.23. The molecule has 7 heteroatoms. The Morgan fingerprint density at radius 1 is 1.68 bits per heavy atom. The van der Waals surface area contributed by atoms with Crippen LogP contribution in [0.4, 0.5) is 4.39 Å². The third-order valence-electron chi connectivity index (χ3n) is 3.71. The second-order valence-corrected chi connectivity index (χ2v) is 4.84. The Morgan fingerprint density at radius 3 is 2.84 bits per heavy atom. The van der Waals surface area contributed by atoms with Crippen LogP contribution in [0.1, 0.15) is 13.3 Å². The molecule has 2 rings (SSSR count). The molecule has 1 saturated heterocycles. The second kappa shape index (κ2) is 5.09. The lowest BCUT2D eigenvalue weighted by Crippen LogP contribution is -2.49. The molecular formula is C12H20FN3O3. The Bertz CT molecular complexity index is 386. The minimum Gasteiger partial charge on any atom is -0.393 e. The Labute approximate surface area is 111 Å². The van der Waals surface area contributed by atoms with E-state index in [-0.39, 0.29) is 6.17 Å². The van der Waals surface area contributed by atoms with Crippen molar-refractivity contribution in [3.05, 3.63) is 24.7 Å². The zero-order valence-corrected chi connectivity index (χ0v) is 10.8. The van der Waals surface area contributed by atoms with Crippen LogP contribution in [0, 0.1) is 0 Å². The van der Waals surface area contributed by atoms with E-state index in [4.69, 9.17) is 10.5 Å². The lowest BCUT2D eigenvalue weighted by molar-refractivity contribution is -0.136. The van der Waals surface area contributed by atoms with Gasteiger partial charge in [0, 0.05) is 6.20 Å². The number of nitrogens with zero attached hydrogens (tertiary/aromatic N) is 1. The molecule has 1 fully saturated rings. The highest BCUT2D eigenvalue weighted by molar-refractivity contribution is 5.13. The predicted molar refractivity (Wildman–Crippen MR) is 67.1 cm³/mol. The highest BCUT2D eigenvalue weighted by Crippen LogP contribution is 2.38. The average Bonchev–Trinajstić information content (AvgIpc) is 2.64. The highest BCUT2D eigenvalue weighted by atomic mass is 19.1. The summed E-state index contributed by atoms with van der Waals surface area (Å²) in [4.78, 5) is 1.43. The topological polar surface area (TPSA) is 91.0 Å². The quantitative estimate of drug-likeness (QED) is 0.547. The van der Waals surface area contributed by atoms with Gasteiger partial charge in [0.1, 0.15) is 17.5 Å². The molecule has 0 aliphatic carbocycles. The smallest absolute Gasteiger partial charge is 0.174 e. The molecule has 0 amide bonds. The molecular weight excluding hydrogens is 253 g/mol. The third-order valence-corrected chi connectivity index (χ3v) is 3.71. The van der Waals surface area contributed by atoms with Crippen molar-refractivity contribution in [1.82, 2.24) is 10.2 Å². The van der Waals surface area contributed by atoms with Crippen LogP contribution in [0.5, 0.6) is 0 Å². The molecule has 2 heterocycles. The van der Waals surface area contributed by atoms with Crippen molar-refractivity contribution in [3.63, 3.8) is 0 Å². The van der Waals surface area contributed by atoms with Gasteiger partial charge in [0.2, 0.25) is 0 Å². The summed E-state index contributed by atoms with van der Waals surface area (Å²) in [6, 6.07) is 0. The monoisotopic (exact) mass is 273 g/mol. The first-order valence-corrected chi connectivity index (χ1v) is 6.23. The molecule has 108 valence electrons. The van der Waals surface area contributed by atoms with Crippen LogP contribution in [0.2, 0.25) is 0 Å². The lowest BCUT2D eigenvalue weighted by Gasteiger charge is -2.35. The van der Waals surface area contributed by atoms with Crippen molar-refractivity contribution in [1.29, 1.82) is 0 Å². The maximum atomic E-state index is 14.2. The van der Waals surface area contributed by atoms with Crippen molar-refractivity contribution < 1.29 is 19.3 Å². The maximum absolute atomic E-state index is 14.2. The zero-order valence-electron chi connectivity index (χ0n) is 10.8. The number of aliphatic hydroxyl groups excluding tert-OH is 2. The number of aliphatic hydroxyl groups is 2. The first kappa shape index (κ1) is 14.3. The van der Waals surface area contributed by atoms with Crippen LogP contribution in [0.25, 0.3) is 0 Å². The largest absolute Gasteiger partial charge is 0.393 e. The summed E-state index contributed by atoms with van der Waals surface area (Å²) < 4.78 is 19.8. The van der Waals surface area contributed by atoms with Gasteiger partial charge in [0.25, 0.3) is 0 Å². The van der Waals surface area contributed by atoms with E-state index in [0.29, 0.717) is 12.2 Å². The predicted octanol–water partition coefficient (Wildman–Crippen LogP) is -0.642. The van der Waals surface area contributed by atoms with Crippen LogP contribution in [0.3, 0.4) is 0 Å². The molecule has 2 aliphatic rings. The Morgan fingerprint density at radius 2 is 2.37 bits per heavy atom. The summed E-state index contributed by atoms with van der Waals surface area (Å²) in [6.07, 6.45) is -0.960. The van der Waals surface area contributed by atoms with Gasteiger partial charge < -0.3 is 30.9 Å². The molecule has 0 aromatic rings. The molecule has 5 N–H and O–H groups in total. The molecule has 6 nitrogen and oxygen atoms in total. The van der Waals surface area contributed by atoms with E-state index in [1.165, 1.54) is 4.90 Å². The van der Waals surface area contributed by atoms with Gasteiger partial charge in [0.05, 0.1) is 12.8 Å². The molecule has 0 bridgehead atoms. The van der Waals surface area contributed by atoms with Crippen molar-refractivity contribution in [2.45, 2.75) is 43.6 Å². The minimum absolute atomic E-state index is 0.304. The van der Waals surface area contributed by atoms with Gasteiger partial charge in [-0.25, -0.2) is 4.39 Å².